The normalized spacial score (nSPS) is 16.8. The number of halogens is 3. The van der Waals surface area contributed by atoms with E-state index in [1.54, 1.807) is 0 Å². The first-order valence-corrected chi connectivity index (χ1v) is 8.98. The number of hydrogen-bond acceptors (Lipinski definition) is 3. The van der Waals surface area contributed by atoms with Gasteiger partial charge >= 0.3 is 6.18 Å². The lowest BCUT2D eigenvalue weighted by atomic mass is 9.95. The fraction of sp³-hybridized carbons (Fsp3) is 0.400. The maximum absolute atomic E-state index is 12.6. The van der Waals surface area contributed by atoms with Crippen LogP contribution in [0.4, 0.5) is 19.0 Å². The highest BCUT2D eigenvalue weighted by atomic mass is 19.4. The molecule has 1 N–H and O–H groups in total. The van der Waals surface area contributed by atoms with E-state index in [2.05, 4.69) is 10.3 Å². The van der Waals surface area contributed by atoms with Crippen LogP contribution in [0.15, 0.2) is 48.7 Å². The van der Waals surface area contributed by atoms with Gasteiger partial charge in [-0.15, -0.1) is 0 Å². The number of nitrogens with one attached hydrogen (secondary N) is 1. The highest BCUT2D eigenvalue weighted by molar-refractivity contribution is 5.79. The molecule has 1 fully saturated rings. The number of piperidine rings is 1. The van der Waals surface area contributed by atoms with Crippen LogP contribution in [0.25, 0.3) is 0 Å². The summed E-state index contributed by atoms with van der Waals surface area (Å²) in [5.41, 5.74) is 0.299. The van der Waals surface area contributed by atoms with Crippen molar-refractivity contribution in [3.8, 4) is 0 Å². The Morgan fingerprint density at radius 2 is 1.81 bits per heavy atom. The smallest absolute Gasteiger partial charge is 0.357 e. The van der Waals surface area contributed by atoms with E-state index in [1.165, 1.54) is 6.07 Å². The number of carbonyl (C=O) groups excluding carboxylic acids is 1. The third kappa shape index (κ3) is 4.78. The van der Waals surface area contributed by atoms with Gasteiger partial charge in [0.05, 0.1) is 11.6 Å². The summed E-state index contributed by atoms with van der Waals surface area (Å²) in [7, 11) is 0. The number of alkyl halides is 3. The van der Waals surface area contributed by atoms with Gasteiger partial charge in [0.2, 0.25) is 5.91 Å². The molecule has 2 aromatic rings. The Kier molecular flexibility index (Phi) is 5.68. The second kappa shape index (κ2) is 7.98. The second-order valence-electron chi connectivity index (χ2n) is 6.81. The average molecular weight is 377 g/mol. The van der Waals surface area contributed by atoms with E-state index < -0.39 is 11.7 Å². The Balaban J connectivity index is 1.53. The first kappa shape index (κ1) is 19.2. The lowest BCUT2D eigenvalue weighted by molar-refractivity contribution is -0.137. The molecule has 0 saturated carbocycles. The minimum Gasteiger partial charge on any atom is -0.357 e. The van der Waals surface area contributed by atoms with Gasteiger partial charge in [-0.25, -0.2) is 4.98 Å². The van der Waals surface area contributed by atoms with Gasteiger partial charge < -0.3 is 10.2 Å². The molecule has 27 heavy (non-hydrogen) atoms. The molecule has 0 aliphatic carbocycles. The third-order valence-electron chi connectivity index (χ3n) is 4.92. The number of benzene rings is 1. The van der Waals surface area contributed by atoms with Crippen LogP contribution in [-0.2, 0) is 11.0 Å². The van der Waals surface area contributed by atoms with E-state index in [-0.39, 0.29) is 17.9 Å². The monoisotopic (exact) mass is 377 g/mol. The molecule has 1 atom stereocenters. The standard InChI is InChI=1S/C20H22F3N3O/c1-14(15-5-3-2-4-6-15)25-19(27)16-9-11-26(12-10-16)18-8-7-17(13-24-18)20(21,22)23/h2-8,13-14,16H,9-12H2,1H3,(H,25,27)/t14-/m0/s1. The van der Waals surface area contributed by atoms with Crippen LogP contribution in [0, 0.1) is 5.92 Å². The predicted octanol–water partition coefficient (Wildman–Crippen LogP) is 4.19. The molecule has 0 radical (unpaired) electrons. The van der Waals surface area contributed by atoms with Gasteiger partial charge in [-0.2, -0.15) is 13.2 Å². The molecule has 4 nitrogen and oxygen atoms in total. The molecule has 1 aromatic carbocycles. The molecule has 1 aliphatic rings. The fourth-order valence-corrected chi connectivity index (χ4v) is 3.27. The molecule has 1 amide bonds. The van der Waals surface area contributed by atoms with E-state index in [0.717, 1.165) is 17.8 Å². The van der Waals surface area contributed by atoms with E-state index in [0.29, 0.717) is 31.7 Å². The molecular weight excluding hydrogens is 355 g/mol. The predicted molar refractivity (Wildman–Crippen MR) is 97.2 cm³/mol. The zero-order valence-electron chi connectivity index (χ0n) is 15.0. The van der Waals surface area contributed by atoms with Crippen molar-refractivity contribution in [1.82, 2.24) is 10.3 Å². The molecule has 1 aliphatic heterocycles. The first-order valence-electron chi connectivity index (χ1n) is 8.98. The van der Waals surface area contributed by atoms with Crippen molar-refractivity contribution in [2.24, 2.45) is 5.92 Å². The van der Waals surface area contributed by atoms with Crippen molar-refractivity contribution >= 4 is 11.7 Å². The molecule has 0 spiro atoms. The maximum atomic E-state index is 12.6. The molecule has 2 heterocycles. The van der Waals surface area contributed by atoms with Gasteiger partial charge in [-0.3, -0.25) is 4.79 Å². The maximum Gasteiger partial charge on any atom is 0.417 e. The summed E-state index contributed by atoms with van der Waals surface area (Å²) >= 11 is 0. The van der Waals surface area contributed by atoms with Crippen molar-refractivity contribution < 1.29 is 18.0 Å². The van der Waals surface area contributed by atoms with Gasteiger partial charge in [0.15, 0.2) is 0 Å². The SMILES string of the molecule is C[C@H](NC(=O)C1CCN(c2ccc(C(F)(F)F)cn2)CC1)c1ccccc1. The van der Waals surface area contributed by atoms with Gasteiger partial charge in [0.1, 0.15) is 5.82 Å². The van der Waals surface area contributed by atoms with Crippen LogP contribution >= 0.6 is 0 Å². The number of hydrogen-bond donors (Lipinski definition) is 1. The van der Waals surface area contributed by atoms with Crippen LogP contribution in [0.3, 0.4) is 0 Å². The van der Waals surface area contributed by atoms with Gasteiger partial charge in [0, 0.05) is 25.2 Å². The number of nitrogens with zero attached hydrogens (tertiary/aromatic N) is 2. The van der Waals surface area contributed by atoms with Crippen LogP contribution in [0.2, 0.25) is 0 Å². The number of rotatable bonds is 4. The summed E-state index contributed by atoms with van der Waals surface area (Å²) < 4.78 is 37.9. The number of anilines is 1. The number of pyridine rings is 1. The molecule has 0 unspecified atom stereocenters. The van der Waals surface area contributed by atoms with Crippen molar-refractivity contribution in [2.45, 2.75) is 32.0 Å². The van der Waals surface area contributed by atoms with E-state index >= 15 is 0 Å². The Labute approximate surface area is 156 Å². The molecule has 0 bridgehead atoms. The van der Waals surface area contributed by atoms with Crippen molar-refractivity contribution in [3.05, 3.63) is 59.8 Å². The van der Waals surface area contributed by atoms with Crippen LogP contribution in [-0.4, -0.2) is 24.0 Å². The highest BCUT2D eigenvalue weighted by Crippen LogP contribution is 2.30. The lowest BCUT2D eigenvalue weighted by Crippen LogP contribution is -2.41. The second-order valence-corrected chi connectivity index (χ2v) is 6.81. The summed E-state index contributed by atoms with van der Waals surface area (Å²) in [6.07, 6.45) is -2.23. The summed E-state index contributed by atoms with van der Waals surface area (Å²) in [6.45, 7) is 3.14. The lowest BCUT2D eigenvalue weighted by Gasteiger charge is -2.32. The molecule has 144 valence electrons. The summed E-state index contributed by atoms with van der Waals surface area (Å²) in [4.78, 5) is 18.4. The molecular formula is C20H22F3N3O. The van der Waals surface area contributed by atoms with Crippen LogP contribution in [0.1, 0.15) is 36.9 Å². The van der Waals surface area contributed by atoms with Crippen LogP contribution < -0.4 is 10.2 Å². The van der Waals surface area contributed by atoms with Crippen LogP contribution in [0.5, 0.6) is 0 Å². The average Bonchev–Trinajstić information content (AvgIpc) is 2.68. The minimum absolute atomic E-state index is 0.0198. The van der Waals surface area contributed by atoms with E-state index in [1.807, 2.05) is 42.2 Å². The van der Waals surface area contributed by atoms with E-state index in [4.69, 9.17) is 0 Å². The van der Waals surface area contributed by atoms with Crippen molar-refractivity contribution in [1.29, 1.82) is 0 Å². The van der Waals surface area contributed by atoms with Gasteiger partial charge in [0.25, 0.3) is 0 Å². The Morgan fingerprint density at radius 1 is 1.15 bits per heavy atom. The Morgan fingerprint density at radius 3 is 2.37 bits per heavy atom. The number of carbonyl (C=O) groups is 1. The van der Waals surface area contributed by atoms with Gasteiger partial charge in [-0.1, -0.05) is 30.3 Å². The quantitative estimate of drug-likeness (QED) is 0.869. The molecule has 1 saturated heterocycles. The zero-order chi connectivity index (χ0) is 19.4. The molecule has 1 aromatic heterocycles. The summed E-state index contributed by atoms with van der Waals surface area (Å²) in [5, 5.41) is 3.05. The number of amides is 1. The van der Waals surface area contributed by atoms with E-state index in [9.17, 15) is 18.0 Å². The fourth-order valence-electron chi connectivity index (χ4n) is 3.27. The van der Waals surface area contributed by atoms with Crippen molar-refractivity contribution in [2.75, 3.05) is 18.0 Å². The molecule has 7 heteroatoms. The highest BCUT2D eigenvalue weighted by Gasteiger charge is 2.31. The first-order chi connectivity index (χ1) is 12.8. The Hall–Kier alpha value is -2.57. The largest absolute Gasteiger partial charge is 0.417 e. The number of aromatic nitrogens is 1. The summed E-state index contributed by atoms with van der Waals surface area (Å²) in [5.74, 6) is 0.438. The Bertz CT molecular complexity index is 754. The van der Waals surface area contributed by atoms with Gasteiger partial charge in [-0.05, 0) is 37.5 Å². The minimum atomic E-state index is -4.38. The third-order valence-corrected chi connectivity index (χ3v) is 4.92. The van der Waals surface area contributed by atoms with Crippen molar-refractivity contribution in [3.63, 3.8) is 0 Å². The zero-order valence-corrected chi connectivity index (χ0v) is 15.0. The topological polar surface area (TPSA) is 45.2 Å². The molecule has 3 rings (SSSR count). The summed E-state index contributed by atoms with van der Waals surface area (Å²) in [6, 6.07) is 12.1.